The Bertz CT molecular complexity index is 1150. The smallest absolute Gasteiger partial charge is 0.325 e. The van der Waals surface area contributed by atoms with E-state index in [9.17, 15) is 9.59 Å². The van der Waals surface area contributed by atoms with Crippen LogP contribution in [0.15, 0.2) is 52.2 Å². The van der Waals surface area contributed by atoms with Gasteiger partial charge in [0.25, 0.3) is 5.56 Å². The number of rotatable bonds is 5. The summed E-state index contributed by atoms with van der Waals surface area (Å²) in [6.45, 7) is 2.07. The first-order valence-corrected chi connectivity index (χ1v) is 9.04. The maximum Gasteiger partial charge on any atom is 0.325 e. The van der Waals surface area contributed by atoms with Gasteiger partial charge in [-0.3, -0.25) is 9.78 Å². The van der Waals surface area contributed by atoms with Crippen LogP contribution in [0.3, 0.4) is 0 Å². The summed E-state index contributed by atoms with van der Waals surface area (Å²) in [4.78, 5) is 28.0. The summed E-state index contributed by atoms with van der Waals surface area (Å²) in [5.74, 6) is 1.09. The standard InChI is InChI=1S/C21H20N4O3/c1-12-3-5-13(6-4-12)7-8-14-9-15(14)16-10-18(24-25-20(16)28-2)17-11-22-21(27)23-19(17)26/h3-8,10-11,14-15H,9H2,1-2H3,(H2,22,23,26,27)/b8-7+/t14-,15-/m0/s1. The van der Waals surface area contributed by atoms with Crippen LogP contribution in [-0.4, -0.2) is 27.3 Å². The van der Waals surface area contributed by atoms with Crippen molar-refractivity contribution in [2.24, 2.45) is 5.92 Å². The predicted molar refractivity (Wildman–Crippen MR) is 106 cm³/mol. The molecule has 1 aliphatic carbocycles. The second-order valence-corrected chi connectivity index (χ2v) is 6.96. The minimum absolute atomic E-state index is 0.257. The van der Waals surface area contributed by atoms with Gasteiger partial charge in [0, 0.05) is 11.8 Å². The molecule has 7 heteroatoms. The Hall–Kier alpha value is -3.48. The van der Waals surface area contributed by atoms with Crippen LogP contribution < -0.4 is 16.0 Å². The van der Waals surface area contributed by atoms with E-state index in [1.807, 2.05) is 6.07 Å². The van der Waals surface area contributed by atoms with E-state index in [4.69, 9.17) is 4.74 Å². The molecule has 1 saturated carbocycles. The molecule has 0 bridgehead atoms. The first-order chi connectivity index (χ1) is 13.5. The van der Waals surface area contributed by atoms with E-state index in [1.165, 1.54) is 11.8 Å². The highest BCUT2D eigenvalue weighted by Crippen LogP contribution is 2.51. The fraction of sp³-hybridized carbons (Fsp3) is 0.238. The third-order valence-electron chi connectivity index (χ3n) is 4.93. The molecule has 3 aromatic rings. The Morgan fingerprint density at radius 2 is 1.96 bits per heavy atom. The van der Waals surface area contributed by atoms with Gasteiger partial charge < -0.3 is 9.72 Å². The predicted octanol–water partition coefficient (Wildman–Crippen LogP) is 2.65. The van der Waals surface area contributed by atoms with Gasteiger partial charge in [-0.25, -0.2) is 4.79 Å². The lowest BCUT2D eigenvalue weighted by atomic mass is 10.1. The first-order valence-electron chi connectivity index (χ1n) is 9.04. The number of aromatic nitrogens is 4. The van der Waals surface area contributed by atoms with Gasteiger partial charge >= 0.3 is 5.69 Å². The number of H-pyrrole nitrogens is 2. The van der Waals surface area contributed by atoms with Crippen LogP contribution in [0.1, 0.15) is 29.0 Å². The van der Waals surface area contributed by atoms with Crippen molar-refractivity contribution in [2.75, 3.05) is 7.11 Å². The van der Waals surface area contributed by atoms with Gasteiger partial charge in [-0.05, 0) is 36.8 Å². The quantitative estimate of drug-likeness (QED) is 0.713. The number of ether oxygens (including phenoxy) is 1. The van der Waals surface area contributed by atoms with Crippen molar-refractivity contribution in [2.45, 2.75) is 19.3 Å². The zero-order valence-corrected chi connectivity index (χ0v) is 15.6. The first kappa shape index (κ1) is 17.9. The molecule has 1 aliphatic rings. The topological polar surface area (TPSA) is 101 Å². The Morgan fingerprint density at radius 3 is 2.68 bits per heavy atom. The molecule has 2 atom stereocenters. The number of aryl methyl sites for hydroxylation is 1. The van der Waals surface area contributed by atoms with Gasteiger partial charge in [-0.2, -0.15) is 0 Å². The highest BCUT2D eigenvalue weighted by Gasteiger charge is 2.39. The lowest BCUT2D eigenvalue weighted by Crippen LogP contribution is -2.23. The van der Waals surface area contributed by atoms with E-state index in [-0.39, 0.29) is 11.5 Å². The average molecular weight is 376 g/mol. The number of nitrogens with one attached hydrogen (secondary N) is 2. The molecule has 2 heterocycles. The van der Waals surface area contributed by atoms with Crippen molar-refractivity contribution < 1.29 is 4.74 Å². The highest BCUT2D eigenvalue weighted by molar-refractivity contribution is 5.59. The Balaban J connectivity index is 1.60. The van der Waals surface area contributed by atoms with Gasteiger partial charge in [-0.15, -0.1) is 10.2 Å². The fourth-order valence-electron chi connectivity index (χ4n) is 3.25. The third-order valence-corrected chi connectivity index (χ3v) is 4.93. The minimum atomic E-state index is -0.557. The van der Waals surface area contributed by atoms with Crippen LogP contribution in [0, 0.1) is 12.8 Å². The third kappa shape index (κ3) is 3.64. The van der Waals surface area contributed by atoms with Gasteiger partial charge in [-0.1, -0.05) is 42.0 Å². The van der Waals surface area contributed by atoms with Crippen molar-refractivity contribution in [3.63, 3.8) is 0 Å². The van der Waals surface area contributed by atoms with Crippen LogP contribution >= 0.6 is 0 Å². The lowest BCUT2D eigenvalue weighted by molar-refractivity contribution is 0.386. The van der Waals surface area contributed by atoms with Crippen LogP contribution in [-0.2, 0) is 0 Å². The van der Waals surface area contributed by atoms with Crippen molar-refractivity contribution in [1.82, 2.24) is 20.2 Å². The Kier molecular flexibility index (Phi) is 4.65. The second-order valence-electron chi connectivity index (χ2n) is 6.96. The molecule has 4 rings (SSSR count). The van der Waals surface area contributed by atoms with Crippen molar-refractivity contribution in [3.05, 3.63) is 80.1 Å². The summed E-state index contributed by atoms with van der Waals surface area (Å²) in [7, 11) is 1.56. The van der Waals surface area contributed by atoms with E-state index >= 15 is 0 Å². The number of benzene rings is 1. The molecule has 1 fully saturated rings. The lowest BCUT2D eigenvalue weighted by Gasteiger charge is -2.07. The van der Waals surface area contributed by atoms with Crippen LogP contribution in [0.4, 0.5) is 0 Å². The van der Waals surface area contributed by atoms with Gasteiger partial charge in [0.05, 0.1) is 12.7 Å². The maximum atomic E-state index is 12.1. The summed E-state index contributed by atoms with van der Waals surface area (Å²) in [5, 5.41) is 8.19. The normalized spacial score (nSPS) is 18.4. The largest absolute Gasteiger partial charge is 0.480 e. The zero-order chi connectivity index (χ0) is 19.7. The number of aromatic amines is 2. The van der Waals surface area contributed by atoms with Gasteiger partial charge in [0.15, 0.2) is 0 Å². The van der Waals surface area contributed by atoms with Gasteiger partial charge in [0.2, 0.25) is 5.88 Å². The van der Waals surface area contributed by atoms with Gasteiger partial charge in [0.1, 0.15) is 5.69 Å². The van der Waals surface area contributed by atoms with Crippen LogP contribution in [0.5, 0.6) is 5.88 Å². The molecule has 7 nitrogen and oxygen atoms in total. The van der Waals surface area contributed by atoms with E-state index in [2.05, 4.69) is 63.5 Å². The Morgan fingerprint density at radius 1 is 1.18 bits per heavy atom. The molecule has 0 unspecified atom stereocenters. The van der Waals surface area contributed by atoms with E-state index < -0.39 is 11.2 Å². The summed E-state index contributed by atoms with van der Waals surface area (Å²) in [5.41, 5.74) is 2.93. The summed E-state index contributed by atoms with van der Waals surface area (Å²) in [6.07, 6.45) is 6.65. The number of methoxy groups -OCH3 is 1. The monoisotopic (exact) mass is 376 g/mol. The maximum absolute atomic E-state index is 12.1. The Labute approximate surface area is 161 Å². The molecule has 2 aromatic heterocycles. The fourth-order valence-corrected chi connectivity index (χ4v) is 3.25. The molecular weight excluding hydrogens is 356 g/mol. The molecule has 2 N–H and O–H groups in total. The van der Waals surface area contributed by atoms with Crippen LogP contribution in [0.25, 0.3) is 17.3 Å². The SMILES string of the molecule is COc1nnc(-c2c[nH]c(=O)[nH]c2=O)cc1[C@H]1C[C@@H]1/C=C/c1ccc(C)cc1. The van der Waals surface area contributed by atoms with Crippen LogP contribution in [0.2, 0.25) is 0 Å². The van der Waals surface area contributed by atoms with E-state index in [0.717, 1.165) is 17.5 Å². The summed E-state index contributed by atoms with van der Waals surface area (Å²) >= 11 is 0. The molecule has 0 spiro atoms. The van der Waals surface area contributed by atoms with Crippen molar-refractivity contribution in [3.8, 4) is 17.1 Å². The minimum Gasteiger partial charge on any atom is -0.480 e. The molecule has 0 radical (unpaired) electrons. The molecule has 142 valence electrons. The molecule has 0 saturated heterocycles. The molecule has 0 aliphatic heterocycles. The molecular formula is C21H20N4O3. The molecule has 0 amide bonds. The van der Waals surface area contributed by atoms with E-state index in [1.54, 1.807) is 7.11 Å². The van der Waals surface area contributed by atoms with Crippen molar-refractivity contribution >= 4 is 6.08 Å². The second kappa shape index (κ2) is 7.26. The van der Waals surface area contributed by atoms with E-state index in [0.29, 0.717) is 17.5 Å². The highest BCUT2D eigenvalue weighted by atomic mass is 16.5. The average Bonchev–Trinajstić information content (AvgIpc) is 3.47. The zero-order valence-electron chi connectivity index (χ0n) is 15.6. The molecule has 1 aromatic carbocycles. The summed E-state index contributed by atoms with van der Waals surface area (Å²) in [6, 6.07) is 10.2. The molecule has 28 heavy (non-hydrogen) atoms. The number of hydrogen-bond acceptors (Lipinski definition) is 5. The number of hydrogen-bond donors (Lipinski definition) is 2. The number of nitrogens with zero attached hydrogens (tertiary/aromatic N) is 2. The summed E-state index contributed by atoms with van der Waals surface area (Å²) < 4.78 is 5.37. The number of allylic oxidation sites excluding steroid dienone is 1. The van der Waals surface area contributed by atoms with Crippen molar-refractivity contribution in [1.29, 1.82) is 0 Å².